The van der Waals surface area contributed by atoms with E-state index in [-0.39, 0.29) is 5.91 Å². The summed E-state index contributed by atoms with van der Waals surface area (Å²) in [6, 6.07) is 12.8. The van der Waals surface area contributed by atoms with Crippen molar-refractivity contribution in [2.45, 2.75) is 6.92 Å². The van der Waals surface area contributed by atoms with Crippen LogP contribution < -0.4 is 14.8 Å². The molecule has 6 nitrogen and oxygen atoms in total. The summed E-state index contributed by atoms with van der Waals surface area (Å²) in [5, 5.41) is 2.92. The highest BCUT2D eigenvalue weighted by Crippen LogP contribution is 2.30. The van der Waals surface area contributed by atoms with Crippen molar-refractivity contribution >= 4 is 27.9 Å². The third-order valence-electron chi connectivity index (χ3n) is 4.34. The van der Waals surface area contributed by atoms with Crippen molar-refractivity contribution in [2.24, 2.45) is 0 Å². The Morgan fingerprint density at radius 1 is 1.07 bits per heavy atom. The first-order valence-electron chi connectivity index (χ1n) is 8.67. The maximum absolute atomic E-state index is 12.9. The number of benzene rings is 2. The van der Waals surface area contributed by atoms with E-state index in [1.807, 2.05) is 34.9 Å². The molecule has 1 amide bonds. The topological polar surface area (TPSA) is 64.9 Å². The zero-order valence-corrected chi connectivity index (χ0v) is 16.5. The molecule has 0 radical (unpaired) electrons. The van der Waals surface area contributed by atoms with Crippen molar-refractivity contribution in [1.82, 2.24) is 9.38 Å². The number of anilines is 1. The van der Waals surface area contributed by atoms with Crippen molar-refractivity contribution in [3.8, 4) is 22.8 Å². The molecule has 1 N–H and O–H groups in total. The monoisotopic (exact) mass is 393 g/mol. The van der Waals surface area contributed by atoms with E-state index >= 15 is 0 Å². The van der Waals surface area contributed by atoms with Gasteiger partial charge in [0.2, 0.25) is 0 Å². The van der Waals surface area contributed by atoms with Gasteiger partial charge in [-0.2, -0.15) is 0 Å². The minimum atomic E-state index is -0.298. The van der Waals surface area contributed by atoms with Crippen LogP contribution in [0.5, 0.6) is 11.5 Å². The molecule has 0 bridgehead atoms. The number of imidazole rings is 1. The zero-order chi connectivity index (χ0) is 19.7. The molecule has 0 unspecified atom stereocenters. The first-order valence-corrected chi connectivity index (χ1v) is 9.48. The van der Waals surface area contributed by atoms with E-state index in [9.17, 15) is 4.79 Å². The molecule has 0 saturated heterocycles. The van der Waals surface area contributed by atoms with E-state index in [2.05, 4.69) is 23.4 Å². The lowest BCUT2D eigenvalue weighted by atomic mass is 10.1. The fourth-order valence-corrected chi connectivity index (χ4v) is 3.88. The van der Waals surface area contributed by atoms with Crippen molar-refractivity contribution < 1.29 is 14.3 Å². The molecule has 0 aliphatic heterocycles. The average Bonchev–Trinajstić information content (AvgIpc) is 3.24. The molecule has 142 valence electrons. The van der Waals surface area contributed by atoms with Crippen LogP contribution in [0.2, 0.25) is 0 Å². The first-order chi connectivity index (χ1) is 13.6. The van der Waals surface area contributed by atoms with Crippen LogP contribution >= 0.6 is 11.3 Å². The van der Waals surface area contributed by atoms with Crippen LogP contribution in [0.3, 0.4) is 0 Å². The predicted molar refractivity (Wildman–Crippen MR) is 111 cm³/mol. The number of carbonyl (C=O) groups excluding carboxylic acids is 1. The van der Waals surface area contributed by atoms with Crippen LogP contribution in [0.15, 0.2) is 54.9 Å². The van der Waals surface area contributed by atoms with E-state index in [0.717, 1.165) is 16.2 Å². The van der Waals surface area contributed by atoms with E-state index in [4.69, 9.17) is 9.47 Å². The molecule has 4 aromatic rings. The van der Waals surface area contributed by atoms with Crippen LogP contribution in [0.1, 0.15) is 15.2 Å². The number of thiazole rings is 1. The number of ether oxygens (including phenoxy) is 2. The Balaban J connectivity index is 1.63. The number of fused-ring (bicyclic) bond motifs is 1. The third-order valence-corrected chi connectivity index (χ3v) is 5.25. The number of hydrogen-bond donors (Lipinski definition) is 1. The summed E-state index contributed by atoms with van der Waals surface area (Å²) in [5.41, 5.74) is 2.81. The van der Waals surface area contributed by atoms with Crippen LogP contribution in [-0.2, 0) is 0 Å². The summed E-state index contributed by atoms with van der Waals surface area (Å²) in [4.78, 5) is 19.7. The van der Waals surface area contributed by atoms with Crippen LogP contribution in [0.25, 0.3) is 16.2 Å². The second-order valence-corrected chi connectivity index (χ2v) is 7.44. The standard InChI is InChI=1S/C21H19N3O3S/c1-13-11-24-12-16(23-21(24)28-13)14-6-4-7-15(10-14)22-20(25)19-17(26-2)8-5-9-18(19)27-3/h4-12H,1-3H3,(H,22,25). The van der Waals surface area contributed by atoms with Crippen molar-refractivity contribution in [3.63, 3.8) is 0 Å². The van der Waals surface area contributed by atoms with Gasteiger partial charge in [-0.3, -0.25) is 9.20 Å². The summed E-state index contributed by atoms with van der Waals surface area (Å²) in [7, 11) is 3.05. The SMILES string of the molecule is COc1cccc(OC)c1C(=O)Nc1cccc(-c2cn3cc(C)sc3n2)c1. The molecule has 2 aromatic heterocycles. The van der Waals surface area contributed by atoms with Gasteiger partial charge in [0.15, 0.2) is 4.96 Å². The lowest BCUT2D eigenvalue weighted by molar-refractivity contribution is 0.102. The minimum Gasteiger partial charge on any atom is -0.496 e. The van der Waals surface area contributed by atoms with Crippen LogP contribution in [0.4, 0.5) is 5.69 Å². The Labute approximate surface area is 166 Å². The number of amides is 1. The maximum atomic E-state index is 12.9. The fourth-order valence-electron chi connectivity index (χ4n) is 3.07. The second-order valence-electron chi connectivity index (χ2n) is 6.23. The number of carbonyl (C=O) groups is 1. The summed E-state index contributed by atoms with van der Waals surface area (Å²) in [5.74, 6) is 0.614. The molecule has 0 aliphatic carbocycles. The highest BCUT2D eigenvalue weighted by atomic mass is 32.1. The number of rotatable bonds is 5. The van der Waals surface area contributed by atoms with Gasteiger partial charge in [0.1, 0.15) is 17.1 Å². The van der Waals surface area contributed by atoms with Gasteiger partial charge in [0.25, 0.3) is 5.91 Å². The van der Waals surface area contributed by atoms with Crippen LogP contribution in [-0.4, -0.2) is 29.5 Å². The Hall–Kier alpha value is -3.32. The van der Waals surface area contributed by atoms with Gasteiger partial charge in [0.05, 0.1) is 19.9 Å². The number of hydrogen-bond acceptors (Lipinski definition) is 5. The van der Waals surface area contributed by atoms with Gasteiger partial charge in [0, 0.05) is 28.5 Å². The van der Waals surface area contributed by atoms with Crippen molar-refractivity contribution in [1.29, 1.82) is 0 Å². The molecule has 28 heavy (non-hydrogen) atoms. The fraction of sp³-hybridized carbons (Fsp3) is 0.143. The van der Waals surface area contributed by atoms with Gasteiger partial charge in [-0.25, -0.2) is 4.98 Å². The second kappa shape index (κ2) is 7.36. The molecule has 0 atom stereocenters. The third kappa shape index (κ3) is 3.32. The number of aryl methyl sites for hydroxylation is 1. The molecular formula is C21H19N3O3S. The van der Waals surface area contributed by atoms with Crippen molar-refractivity contribution in [2.75, 3.05) is 19.5 Å². The predicted octanol–water partition coefficient (Wildman–Crippen LogP) is 4.64. The summed E-state index contributed by atoms with van der Waals surface area (Å²) in [6.07, 6.45) is 4.04. The molecule has 0 aliphatic rings. The normalized spacial score (nSPS) is 10.8. The quantitative estimate of drug-likeness (QED) is 0.536. The van der Waals surface area contributed by atoms with Gasteiger partial charge in [-0.15, -0.1) is 11.3 Å². The van der Waals surface area contributed by atoms with Gasteiger partial charge < -0.3 is 14.8 Å². The molecule has 0 spiro atoms. The Kier molecular flexibility index (Phi) is 4.75. The number of methoxy groups -OCH3 is 2. The van der Waals surface area contributed by atoms with Gasteiger partial charge >= 0.3 is 0 Å². The van der Waals surface area contributed by atoms with Crippen LogP contribution in [0, 0.1) is 6.92 Å². The van der Waals surface area contributed by atoms with E-state index in [0.29, 0.717) is 22.7 Å². The Morgan fingerprint density at radius 2 is 1.79 bits per heavy atom. The minimum absolute atomic E-state index is 0.298. The van der Waals surface area contributed by atoms with Crippen molar-refractivity contribution in [3.05, 3.63) is 65.3 Å². The Bertz CT molecular complexity index is 1110. The molecule has 2 aromatic carbocycles. The molecule has 4 rings (SSSR count). The number of nitrogens with one attached hydrogen (secondary N) is 1. The maximum Gasteiger partial charge on any atom is 0.263 e. The lowest BCUT2D eigenvalue weighted by Gasteiger charge is -2.13. The first kappa shape index (κ1) is 18.1. The molecule has 0 fully saturated rings. The van der Waals surface area contributed by atoms with E-state index < -0.39 is 0 Å². The highest BCUT2D eigenvalue weighted by molar-refractivity contribution is 7.17. The van der Waals surface area contributed by atoms with E-state index in [1.165, 1.54) is 19.1 Å². The summed E-state index contributed by atoms with van der Waals surface area (Å²) < 4.78 is 12.7. The largest absolute Gasteiger partial charge is 0.496 e. The average molecular weight is 393 g/mol. The van der Waals surface area contributed by atoms with Gasteiger partial charge in [-0.1, -0.05) is 18.2 Å². The van der Waals surface area contributed by atoms with E-state index in [1.54, 1.807) is 29.5 Å². The summed E-state index contributed by atoms with van der Waals surface area (Å²) >= 11 is 1.64. The Morgan fingerprint density at radius 3 is 2.46 bits per heavy atom. The van der Waals surface area contributed by atoms with Gasteiger partial charge in [-0.05, 0) is 31.2 Å². The lowest BCUT2D eigenvalue weighted by Crippen LogP contribution is -2.14. The molecule has 2 heterocycles. The zero-order valence-electron chi connectivity index (χ0n) is 15.7. The number of aromatic nitrogens is 2. The summed E-state index contributed by atoms with van der Waals surface area (Å²) in [6.45, 7) is 2.06. The highest BCUT2D eigenvalue weighted by Gasteiger charge is 2.18. The molecule has 0 saturated carbocycles. The molecular weight excluding hydrogens is 374 g/mol. The number of nitrogens with zero attached hydrogens (tertiary/aromatic N) is 2. The molecule has 7 heteroatoms. The smallest absolute Gasteiger partial charge is 0.263 e.